The minimum Gasteiger partial charge on any atom is -0.490 e. The Labute approximate surface area is 320 Å². The van der Waals surface area contributed by atoms with Crippen molar-refractivity contribution in [2.24, 2.45) is 0 Å². The van der Waals surface area contributed by atoms with Crippen molar-refractivity contribution >= 4 is 0 Å². The summed E-state index contributed by atoms with van der Waals surface area (Å²) in [7, 11) is 0. The van der Waals surface area contributed by atoms with Crippen molar-refractivity contribution in [1.29, 1.82) is 0 Å². The monoisotopic (exact) mass is 715 g/mol. The average molecular weight is 715 g/mol. The molecule has 0 aromatic heterocycles. The van der Waals surface area contributed by atoms with Crippen molar-refractivity contribution in [3.8, 4) is 17.2 Å². The fourth-order valence-electron chi connectivity index (χ4n) is 7.26. The molecule has 300 valence electrons. The molecule has 0 heterocycles. The molecule has 0 aliphatic rings. The number of aryl methyl sites for hydroxylation is 1. The van der Waals surface area contributed by atoms with Gasteiger partial charge in [0, 0.05) is 0 Å². The normalized spacial score (nSPS) is 11.4. The van der Waals surface area contributed by atoms with E-state index < -0.39 is 0 Å². The van der Waals surface area contributed by atoms with E-state index in [4.69, 9.17) is 14.2 Å². The SMILES string of the molecule is CCCCCCCCCCCCCOc1cc(CCC)cc(OCCCCCCCCCCCCC)c1OCCCCCCCCCCCCC. The maximum atomic E-state index is 6.55. The number of hydrogen-bond donors (Lipinski definition) is 0. The van der Waals surface area contributed by atoms with Gasteiger partial charge in [-0.1, -0.05) is 227 Å². The molecule has 0 aliphatic heterocycles. The van der Waals surface area contributed by atoms with Crippen molar-refractivity contribution in [1.82, 2.24) is 0 Å². The summed E-state index contributed by atoms with van der Waals surface area (Å²) >= 11 is 0. The van der Waals surface area contributed by atoms with E-state index in [0.717, 1.165) is 69.2 Å². The van der Waals surface area contributed by atoms with E-state index in [1.807, 2.05) is 0 Å². The summed E-state index contributed by atoms with van der Waals surface area (Å²) in [5.41, 5.74) is 1.31. The number of hydrogen-bond acceptors (Lipinski definition) is 3. The van der Waals surface area contributed by atoms with E-state index in [1.165, 1.54) is 198 Å². The molecule has 0 atom stereocenters. The highest BCUT2D eigenvalue weighted by Gasteiger charge is 2.16. The highest BCUT2D eigenvalue weighted by molar-refractivity contribution is 5.54. The Morgan fingerprint density at radius 3 is 0.824 bits per heavy atom. The second-order valence-corrected chi connectivity index (χ2v) is 15.8. The third-order valence-corrected chi connectivity index (χ3v) is 10.6. The lowest BCUT2D eigenvalue weighted by Crippen LogP contribution is -2.07. The molecule has 0 saturated carbocycles. The summed E-state index contributed by atoms with van der Waals surface area (Å²) < 4.78 is 19.6. The van der Waals surface area contributed by atoms with Crippen molar-refractivity contribution in [2.75, 3.05) is 19.8 Å². The fraction of sp³-hybridized carbons (Fsp3) is 0.875. The van der Waals surface area contributed by atoms with E-state index in [2.05, 4.69) is 39.8 Å². The molecule has 1 aromatic rings. The molecule has 3 heteroatoms. The maximum absolute atomic E-state index is 6.55. The van der Waals surface area contributed by atoms with Gasteiger partial charge in [-0.15, -0.1) is 0 Å². The van der Waals surface area contributed by atoms with Crippen LogP contribution in [0.25, 0.3) is 0 Å². The molecular formula is C48H90O3. The number of benzene rings is 1. The van der Waals surface area contributed by atoms with Gasteiger partial charge in [-0.2, -0.15) is 0 Å². The number of unbranched alkanes of at least 4 members (excludes halogenated alkanes) is 30. The molecule has 1 rings (SSSR count). The molecule has 0 N–H and O–H groups in total. The van der Waals surface area contributed by atoms with Crippen molar-refractivity contribution in [3.63, 3.8) is 0 Å². The average Bonchev–Trinajstić information content (AvgIpc) is 3.13. The van der Waals surface area contributed by atoms with Gasteiger partial charge in [0.05, 0.1) is 19.8 Å². The minimum atomic E-state index is 0.744. The molecule has 3 nitrogen and oxygen atoms in total. The zero-order valence-corrected chi connectivity index (χ0v) is 35.2. The van der Waals surface area contributed by atoms with Gasteiger partial charge in [-0.05, 0) is 43.4 Å². The molecule has 0 unspecified atom stereocenters. The van der Waals surface area contributed by atoms with E-state index in [9.17, 15) is 0 Å². The van der Waals surface area contributed by atoms with Gasteiger partial charge >= 0.3 is 0 Å². The Hall–Kier alpha value is -1.38. The zero-order chi connectivity index (χ0) is 36.7. The molecule has 0 amide bonds. The van der Waals surface area contributed by atoms with Gasteiger partial charge in [0.1, 0.15) is 0 Å². The van der Waals surface area contributed by atoms with Crippen molar-refractivity contribution in [3.05, 3.63) is 17.7 Å². The lowest BCUT2D eigenvalue weighted by molar-refractivity contribution is 0.234. The topological polar surface area (TPSA) is 27.7 Å². The van der Waals surface area contributed by atoms with E-state index in [-0.39, 0.29) is 0 Å². The summed E-state index contributed by atoms with van der Waals surface area (Å²) in [6, 6.07) is 4.49. The standard InChI is InChI=1S/C48H90O3/c1-5-9-12-15-18-21-24-27-30-33-36-40-49-46-43-45(39-8-4)44-47(50-41-37-34-31-28-25-22-19-16-13-10-6-2)48(46)51-42-38-35-32-29-26-23-20-17-14-11-7-3/h43-44H,5-42H2,1-4H3. The van der Waals surface area contributed by atoms with Gasteiger partial charge in [0.25, 0.3) is 0 Å². The number of ether oxygens (including phenoxy) is 3. The first-order valence-electron chi connectivity index (χ1n) is 23.3. The lowest BCUT2D eigenvalue weighted by atomic mass is 10.1. The molecule has 0 aliphatic carbocycles. The third-order valence-electron chi connectivity index (χ3n) is 10.6. The predicted molar refractivity (Wildman–Crippen MR) is 226 cm³/mol. The van der Waals surface area contributed by atoms with Gasteiger partial charge in [-0.25, -0.2) is 0 Å². The maximum Gasteiger partial charge on any atom is 0.203 e. The Morgan fingerprint density at radius 1 is 0.294 bits per heavy atom. The smallest absolute Gasteiger partial charge is 0.203 e. The van der Waals surface area contributed by atoms with Crippen molar-refractivity contribution in [2.45, 2.75) is 252 Å². The summed E-state index contributed by atoms with van der Waals surface area (Å²) in [5, 5.41) is 0. The minimum absolute atomic E-state index is 0.744. The molecule has 0 radical (unpaired) electrons. The molecular weight excluding hydrogens is 625 g/mol. The van der Waals surface area contributed by atoms with Crippen LogP contribution in [-0.2, 0) is 6.42 Å². The Morgan fingerprint density at radius 2 is 0.549 bits per heavy atom. The van der Waals surface area contributed by atoms with Crippen LogP contribution in [0.15, 0.2) is 12.1 Å². The van der Waals surface area contributed by atoms with Gasteiger partial charge in [0.2, 0.25) is 5.75 Å². The Bertz CT molecular complexity index is 787. The summed E-state index contributed by atoms with van der Waals surface area (Å²) in [6.45, 7) is 11.4. The van der Waals surface area contributed by atoms with Crippen LogP contribution in [0.3, 0.4) is 0 Å². The van der Waals surface area contributed by atoms with Crippen LogP contribution in [0, 0.1) is 0 Å². The van der Waals surface area contributed by atoms with Gasteiger partial charge in [0.15, 0.2) is 11.5 Å². The highest BCUT2D eigenvalue weighted by Crippen LogP contribution is 2.40. The molecule has 1 aromatic carbocycles. The predicted octanol–water partition coefficient (Wildman–Crippen LogP) is 16.7. The van der Waals surface area contributed by atoms with Crippen molar-refractivity contribution < 1.29 is 14.2 Å². The highest BCUT2D eigenvalue weighted by atomic mass is 16.5. The van der Waals surface area contributed by atoms with Crippen LogP contribution < -0.4 is 14.2 Å². The second-order valence-electron chi connectivity index (χ2n) is 15.8. The fourth-order valence-corrected chi connectivity index (χ4v) is 7.26. The summed E-state index contributed by atoms with van der Waals surface area (Å²) in [6.07, 6.45) is 46.7. The molecule has 0 spiro atoms. The molecule has 0 saturated heterocycles. The quantitative estimate of drug-likeness (QED) is 0.0632. The Balaban J connectivity index is 2.56. The third kappa shape index (κ3) is 29.7. The van der Waals surface area contributed by atoms with E-state index in [0.29, 0.717) is 0 Å². The van der Waals surface area contributed by atoms with Crippen LogP contribution in [0.5, 0.6) is 17.2 Å². The molecule has 0 bridgehead atoms. The van der Waals surface area contributed by atoms with Crippen LogP contribution in [0.1, 0.15) is 252 Å². The van der Waals surface area contributed by atoms with Crippen LogP contribution in [0.4, 0.5) is 0 Å². The van der Waals surface area contributed by atoms with E-state index >= 15 is 0 Å². The second kappa shape index (κ2) is 38.3. The van der Waals surface area contributed by atoms with Crippen LogP contribution in [-0.4, -0.2) is 19.8 Å². The largest absolute Gasteiger partial charge is 0.490 e. The number of rotatable bonds is 41. The first-order valence-corrected chi connectivity index (χ1v) is 23.3. The molecule has 51 heavy (non-hydrogen) atoms. The summed E-state index contributed by atoms with van der Waals surface area (Å²) in [4.78, 5) is 0. The van der Waals surface area contributed by atoms with Gasteiger partial charge in [-0.3, -0.25) is 0 Å². The summed E-state index contributed by atoms with van der Waals surface area (Å²) in [5.74, 6) is 2.67. The Kier molecular flexibility index (Phi) is 35.8. The first kappa shape index (κ1) is 47.6. The molecule has 0 fully saturated rings. The van der Waals surface area contributed by atoms with Crippen LogP contribution in [0.2, 0.25) is 0 Å². The lowest BCUT2D eigenvalue weighted by Gasteiger charge is -2.19. The van der Waals surface area contributed by atoms with Crippen LogP contribution >= 0.6 is 0 Å². The first-order chi connectivity index (χ1) is 25.3. The van der Waals surface area contributed by atoms with Gasteiger partial charge < -0.3 is 14.2 Å². The van der Waals surface area contributed by atoms with E-state index in [1.54, 1.807) is 0 Å². The zero-order valence-electron chi connectivity index (χ0n) is 35.2.